The van der Waals surface area contributed by atoms with Crippen LogP contribution in [0, 0.1) is 18.3 Å². The Kier molecular flexibility index (Phi) is 3.92. The maximum Gasteiger partial charge on any atom is 0.271 e. The van der Waals surface area contributed by atoms with E-state index in [0.717, 1.165) is 24.8 Å². The highest BCUT2D eigenvalue weighted by Gasteiger charge is 2.27. The lowest BCUT2D eigenvalue weighted by Crippen LogP contribution is -2.19. The molecular formula is C19H18FN5. The molecule has 1 saturated carbocycles. The number of fused-ring (bicyclic) bond motifs is 1. The molecule has 1 fully saturated rings. The highest BCUT2D eigenvalue weighted by Crippen LogP contribution is 2.38. The zero-order valence-corrected chi connectivity index (χ0v) is 14.0. The molecule has 3 heterocycles. The van der Waals surface area contributed by atoms with Crippen molar-refractivity contribution in [1.29, 1.82) is 0 Å². The third-order valence-corrected chi connectivity index (χ3v) is 4.92. The van der Waals surface area contributed by atoms with Crippen molar-refractivity contribution in [2.45, 2.75) is 38.6 Å². The molecule has 0 unspecified atom stereocenters. The molecule has 0 aliphatic heterocycles. The number of nitrogens with zero attached hydrogens (tertiary/aromatic N) is 5. The SMILES string of the molecule is [C-]#[N+]c1cc2nc(-c3ncccc3F)n([C@H]3CCC[C@@H](C)C3)c2cn1. The van der Waals surface area contributed by atoms with Gasteiger partial charge in [0.2, 0.25) is 0 Å². The molecule has 5 nitrogen and oxygen atoms in total. The van der Waals surface area contributed by atoms with Gasteiger partial charge in [-0.2, -0.15) is 0 Å². The van der Waals surface area contributed by atoms with Gasteiger partial charge < -0.3 is 9.41 Å². The fraction of sp³-hybridized carbons (Fsp3) is 0.368. The zero-order chi connectivity index (χ0) is 17.4. The van der Waals surface area contributed by atoms with Gasteiger partial charge in [-0.3, -0.25) is 0 Å². The summed E-state index contributed by atoms with van der Waals surface area (Å²) in [4.78, 5) is 16.4. The molecule has 6 heteroatoms. The van der Waals surface area contributed by atoms with Gasteiger partial charge in [0.05, 0.1) is 5.52 Å². The highest BCUT2D eigenvalue weighted by molar-refractivity contribution is 5.82. The summed E-state index contributed by atoms with van der Waals surface area (Å²) < 4.78 is 16.5. The molecule has 3 aromatic rings. The highest BCUT2D eigenvalue weighted by atomic mass is 19.1. The van der Waals surface area contributed by atoms with E-state index in [1.54, 1.807) is 24.5 Å². The van der Waals surface area contributed by atoms with Crippen molar-refractivity contribution in [3.05, 3.63) is 47.8 Å². The minimum atomic E-state index is -0.388. The van der Waals surface area contributed by atoms with Crippen molar-refractivity contribution < 1.29 is 4.39 Å². The van der Waals surface area contributed by atoms with Crippen molar-refractivity contribution >= 4 is 16.9 Å². The first-order valence-corrected chi connectivity index (χ1v) is 8.53. The standard InChI is InChI=1S/C19H18FN5/c1-12-5-3-6-13(9-12)25-16-11-23-17(21-2)10-15(16)24-19(25)18-14(20)7-4-8-22-18/h4,7-8,10-13H,3,5-6,9H2,1H3/t12-,13+/m1/s1. The second-order valence-corrected chi connectivity index (χ2v) is 6.71. The Hall–Kier alpha value is -2.81. The van der Waals surface area contributed by atoms with Crippen molar-refractivity contribution in [2.75, 3.05) is 0 Å². The Morgan fingerprint density at radius 1 is 1.32 bits per heavy atom. The molecule has 0 saturated heterocycles. The molecule has 2 atom stereocenters. The summed E-state index contributed by atoms with van der Waals surface area (Å²) in [6, 6.07) is 4.88. The summed E-state index contributed by atoms with van der Waals surface area (Å²) >= 11 is 0. The Labute approximate surface area is 145 Å². The molecule has 0 bridgehead atoms. The number of hydrogen-bond donors (Lipinski definition) is 0. The van der Waals surface area contributed by atoms with Crippen LogP contribution < -0.4 is 0 Å². The number of imidazole rings is 1. The quantitative estimate of drug-likeness (QED) is 0.624. The van der Waals surface area contributed by atoms with Crippen molar-refractivity contribution in [3.63, 3.8) is 0 Å². The minimum Gasteiger partial charge on any atom is -0.361 e. The van der Waals surface area contributed by atoms with Gasteiger partial charge in [0.15, 0.2) is 11.6 Å². The van der Waals surface area contributed by atoms with E-state index in [0.29, 0.717) is 23.1 Å². The molecule has 0 amide bonds. The molecule has 0 aromatic carbocycles. The molecule has 0 spiro atoms. The Balaban J connectivity index is 1.95. The largest absolute Gasteiger partial charge is 0.361 e. The van der Waals surface area contributed by atoms with Gasteiger partial charge in [0.1, 0.15) is 17.4 Å². The van der Waals surface area contributed by atoms with E-state index in [2.05, 4.69) is 31.3 Å². The summed E-state index contributed by atoms with van der Waals surface area (Å²) in [6.45, 7) is 9.41. The topological polar surface area (TPSA) is 48.0 Å². The first-order valence-electron chi connectivity index (χ1n) is 8.53. The third-order valence-electron chi connectivity index (χ3n) is 4.92. The van der Waals surface area contributed by atoms with Crippen LogP contribution in [0.3, 0.4) is 0 Å². The van der Waals surface area contributed by atoms with Crippen LogP contribution in [0.25, 0.3) is 27.4 Å². The number of rotatable bonds is 2. The number of pyridine rings is 2. The fourth-order valence-electron chi connectivity index (χ4n) is 3.77. The second kappa shape index (κ2) is 6.25. The van der Waals surface area contributed by atoms with Crippen LogP contribution in [0.5, 0.6) is 0 Å². The van der Waals surface area contributed by atoms with Gasteiger partial charge in [-0.15, -0.1) is 4.98 Å². The van der Waals surface area contributed by atoms with Gasteiger partial charge >= 0.3 is 0 Å². The van der Waals surface area contributed by atoms with E-state index < -0.39 is 0 Å². The van der Waals surface area contributed by atoms with E-state index in [1.165, 1.54) is 12.5 Å². The molecule has 0 radical (unpaired) electrons. The van der Waals surface area contributed by atoms with Crippen LogP contribution >= 0.6 is 0 Å². The fourth-order valence-corrected chi connectivity index (χ4v) is 3.77. The normalized spacial score (nSPS) is 20.5. The number of hydrogen-bond acceptors (Lipinski definition) is 3. The third kappa shape index (κ3) is 2.76. The maximum atomic E-state index is 14.4. The lowest BCUT2D eigenvalue weighted by atomic mass is 9.87. The van der Waals surface area contributed by atoms with Crippen LogP contribution in [0.1, 0.15) is 38.6 Å². The lowest BCUT2D eigenvalue weighted by molar-refractivity contribution is 0.288. The van der Waals surface area contributed by atoms with Gasteiger partial charge in [-0.05, 0) is 37.0 Å². The summed E-state index contributed by atoms with van der Waals surface area (Å²) in [5.74, 6) is 1.05. The summed E-state index contributed by atoms with van der Waals surface area (Å²) in [6.07, 6.45) is 7.67. The van der Waals surface area contributed by atoms with Crippen LogP contribution in [-0.2, 0) is 0 Å². The van der Waals surface area contributed by atoms with Crippen LogP contribution in [0.2, 0.25) is 0 Å². The lowest BCUT2D eigenvalue weighted by Gasteiger charge is -2.29. The number of aromatic nitrogens is 4. The molecule has 0 N–H and O–H groups in total. The van der Waals surface area contributed by atoms with E-state index in [4.69, 9.17) is 6.57 Å². The summed E-state index contributed by atoms with van der Waals surface area (Å²) in [7, 11) is 0. The second-order valence-electron chi connectivity index (χ2n) is 6.71. The van der Waals surface area contributed by atoms with Gasteiger partial charge in [0.25, 0.3) is 5.82 Å². The molecular weight excluding hydrogens is 317 g/mol. The molecule has 3 aromatic heterocycles. The predicted octanol–water partition coefficient (Wildman–Crippen LogP) is 4.93. The molecule has 1 aliphatic rings. The van der Waals surface area contributed by atoms with E-state index in [1.807, 2.05) is 0 Å². The van der Waals surface area contributed by atoms with E-state index in [9.17, 15) is 4.39 Å². The summed E-state index contributed by atoms with van der Waals surface area (Å²) in [5.41, 5.74) is 1.76. The smallest absolute Gasteiger partial charge is 0.271 e. The van der Waals surface area contributed by atoms with Crippen LogP contribution in [0.4, 0.5) is 10.2 Å². The van der Waals surface area contributed by atoms with Gasteiger partial charge in [-0.25, -0.2) is 14.4 Å². The van der Waals surface area contributed by atoms with Crippen LogP contribution in [-0.4, -0.2) is 19.5 Å². The van der Waals surface area contributed by atoms with Crippen molar-refractivity contribution in [1.82, 2.24) is 19.5 Å². The monoisotopic (exact) mass is 335 g/mol. The van der Waals surface area contributed by atoms with Gasteiger partial charge in [-0.1, -0.05) is 26.3 Å². The summed E-state index contributed by atoms with van der Waals surface area (Å²) in [5, 5.41) is 0. The molecule has 4 rings (SSSR count). The van der Waals surface area contributed by atoms with Gasteiger partial charge in [0, 0.05) is 12.2 Å². The maximum absolute atomic E-state index is 14.4. The van der Waals surface area contributed by atoms with Crippen molar-refractivity contribution in [2.24, 2.45) is 5.92 Å². The Morgan fingerprint density at radius 3 is 2.96 bits per heavy atom. The van der Waals surface area contributed by atoms with E-state index >= 15 is 0 Å². The first-order chi connectivity index (χ1) is 12.2. The van der Waals surface area contributed by atoms with E-state index in [-0.39, 0.29) is 17.6 Å². The molecule has 126 valence electrons. The van der Waals surface area contributed by atoms with Crippen molar-refractivity contribution in [3.8, 4) is 11.5 Å². The average molecular weight is 335 g/mol. The minimum absolute atomic E-state index is 0.241. The molecule has 1 aliphatic carbocycles. The zero-order valence-electron chi connectivity index (χ0n) is 14.0. The van der Waals surface area contributed by atoms with Crippen LogP contribution in [0.15, 0.2) is 30.6 Å². The number of halogens is 1. The first kappa shape index (κ1) is 15.7. The predicted molar refractivity (Wildman–Crippen MR) is 93.6 cm³/mol. The Morgan fingerprint density at radius 2 is 2.20 bits per heavy atom. The molecule has 25 heavy (non-hydrogen) atoms. The average Bonchev–Trinajstić information content (AvgIpc) is 3.00. The Bertz CT molecular complexity index is 972.